The van der Waals surface area contributed by atoms with E-state index >= 15 is 0 Å². The third-order valence-corrected chi connectivity index (χ3v) is 3.44. The maximum absolute atomic E-state index is 11.7. The van der Waals surface area contributed by atoms with Gasteiger partial charge in [-0.05, 0) is 24.3 Å². The molecular weight excluding hydrogens is 300 g/mol. The van der Waals surface area contributed by atoms with Gasteiger partial charge in [-0.1, -0.05) is 11.6 Å². The third-order valence-electron chi connectivity index (χ3n) is 2.25. The van der Waals surface area contributed by atoms with E-state index in [1.165, 1.54) is 35.9 Å². The highest BCUT2D eigenvalue weighted by molar-refractivity contribution is 7.17. The lowest BCUT2D eigenvalue weighted by Crippen LogP contribution is -2.09. The minimum Gasteiger partial charge on any atom is -0.478 e. The predicted molar refractivity (Wildman–Crippen MR) is 78.2 cm³/mol. The standard InChI is InChI=1S/C13H9ClN2O3S/c14-11-3-1-10(20-11)2-4-12(17)16-9-5-8(13(18)19)6-15-7-9/h1-7H,(H,16,17)(H,18,19). The van der Waals surface area contributed by atoms with Gasteiger partial charge in [-0.25, -0.2) is 4.79 Å². The first kappa shape index (κ1) is 14.2. The molecule has 0 aliphatic heterocycles. The number of amides is 1. The van der Waals surface area contributed by atoms with Gasteiger partial charge in [0.05, 0.1) is 21.8 Å². The molecule has 2 aromatic heterocycles. The van der Waals surface area contributed by atoms with Gasteiger partial charge in [0.2, 0.25) is 5.91 Å². The third kappa shape index (κ3) is 3.91. The highest BCUT2D eigenvalue weighted by atomic mass is 35.5. The summed E-state index contributed by atoms with van der Waals surface area (Å²) in [6.45, 7) is 0. The molecule has 0 unspecified atom stereocenters. The number of pyridine rings is 1. The minimum atomic E-state index is -1.10. The molecule has 0 saturated heterocycles. The number of hydrogen-bond acceptors (Lipinski definition) is 4. The average molecular weight is 309 g/mol. The van der Waals surface area contributed by atoms with Gasteiger partial charge in [0.25, 0.3) is 0 Å². The molecule has 20 heavy (non-hydrogen) atoms. The van der Waals surface area contributed by atoms with Crippen molar-refractivity contribution in [1.82, 2.24) is 4.98 Å². The fourth-order valence-electron chi connectivity index (χ4n) is 1.38. The zero-order chi connectivity index (χ0) is 14.5. The number of halogens is 1. The molecule has 2 aromatic rings. The van der Waals surface area contributed by atoms with Crippen LogP contribution in [0.25, 0.3) is 6.08 Å². The van der Waals surface area contributed by atoms with Crippen molar-refractivity contribution in [2.75, 3.05) is 5.32 Å². The van der Waals surface area contributed by atoms with Crippen LogP contribution in [0.2, 0.25) is 4.34 Å². The molecule has 2 N–H and O–H groups in total. The van der Waals surface area contributed by atoms with Crippen LogP contribution in [0, 0.1) is 0 Å². The molecule has 2 heterocycles. The lowest BCUT2D eigenvalue weighted by Gasteiger charge is -2.02. The van der Waals surface area contributed by atoms with Crippen molar-refractivity contribution < 1.29 is 14.7 Å². The van der Waals surface area contributed by atoms with E-state index in [1.54, 1.807) is 18.2 Å². The summed E-state index contributed by atoms with van der Waals surface area (Å²) in [5.41, 5.74) is 0.334. The molecule has 0 aliphatic carbocycles. The number of carboxylic acids is 1. The zero-order valence-electron chi connectivity index (χ0n) is 10.0. The summed E-state index contributed by atoms with van der Waals surface area (Å²) in [5, 5.41) is 11.4. The Hall–Kier alpha value is -2.18. The normalized spacial score (nSPS) is 10.7. The molecule has 0 bridgehead atoms. The largest absolute Gasteiger partial charge is 0.478 e. The smallest absolute Gasteiger partial charge is 0.337 e. The molecule has 1 amide bonds. The fourth-order valence-corrected chi connectivity index (χ4v) is 2.35. The van der Waals surface area contributed by atoms with E-state index in [-0.39, 0.29) is 11.5 Å². The Labute approximate surface area is 123 Å². The Kier molecular flexibility index (Phi) is 4.49. The second-order valence-electron chi connectivity index (χ2n) is 3.73. The summed E-state index contributed by atoms with van der Waals surface area (Å²) in [6, 6.07) is 4.87. The molecule has 0 radical (unpaired) electrons. The van der Waals surface area contributed by atoms with Gasteiger partial charge in [0.15, 0.2) is 0 Å². The number of rotatable bonds is 4. The van der Waals surface area contributed by atoms with Crippen LogP contribution in [0.3, 0.4) is 0 Å². The maximum atomic E-state index is 11.7. The van der Waals surface area contributed by atoms with Crippen LogP contribution in [0.5, 0.6) is 0 Å². The van der Waals surface area contributed by atoms with Crippen LogP contribution in [-0.4, -0.2) is 22.0 Å². The Balaban J connectivity index is 2.02. The molecule has 2 rings (SSSR count). The number of nitrogens with one attached hydrogen (secondary N) is 1. The van der Waals surface area contributed by atoms with Gasteiger partial charge >= 0.3 is 5.97 Å². The summed E-state index contributed by atoms with van der Waals surface area (Å²) in [5.74, 6) is -1.48. The first-order valence-electron chi connectivity index (χ1n) is 5.47. The Bertz CT molecular complexity index is 682. The van der Waals surface area contributed by atoms with Crippen LogP contribution >= 0.6 is 22.9 Å². The zero-order valence-corrected chi connectivity index (χ0v) is 11.6. The topological polar surface area (TPSA) is 79.3 Å². The van der Waals surface area contributed by atoms with Crippen molar-refractivity contribution in [3.63, 3.8) is 0 Å². The van der Waals surface area contributed by atoms with Crippen molar-refractivity contribution in [2.45, 2.75) is 0 Å². The highest BCUT2D eigenvalue weighted by Crippen LogP contribution is 2.22. The average Bonchev–Trinajstić information content (AvgIpc) is 2.82. The minimum absolute atomic E-state index is 0.0109. The maximum Gasteiger partial charge on any atom is 0.337 e. The van der Waals surface area contributed by atoms with Gasteiger partial charge in [-0.3, -0.25) is 9.78 Å². The number of carbonyl (C=O) groups is 2. The van der Waals surface area contributed by atoms with E-state index in [9.17, 15) is 9.59 Å². The van der Waals surface area contributed by atoms with E-state index in [1.807, 2.05) is 0 Å². The first-order valence-corrected chi connectivity index (χ1v) is 6.67. The summed E-state index contributed by atoms with van der Waals surface area (Å²) in [6.07, 6.45) is 5.55. The number of aromatic carboxylic acids is 1. The monoisotopic (exact) mass is 308 g/mol. The molecule has 102 valence electrons. The first-order chi connectivity index (χ1) is 9.54. The van der Waals surface area contributed by atoms with Crippen molar-refractivity contribution in [3.8, 4) is 0 Å². The van der Waals surface area contributed by atoms with Crippen LogP contribution in [0.4, 0.5) is 5.69 Å². The molecule has 5 nitrogen and oxygen atoms in total. The van der Waals surface area contributed by atoms with Gasteiger partial charge in [-0.2, -0.15) is 0 Å². The summed E-state index contributed by atoms with van der Waals surface area (Å²) in [4.78, 5) is 27.0. The molecule has 0 aliphatic rings. The predicted octanol–water partition coefficient (Wildman–Crippen LogP) is 3.15. The second-order valence-corrected chi connectivity index (χ2v) is 5.48. The van der Waals surface area contributed by atoms with Gasteiger partial charge in [0, 0.05) is 17.2 Å². The Morgan fingerprint density at radius 3 is 2.80 bits per heavy atom. The molecular formula is C13H9ClN2O3S. The molecule has 7 heteroatoms. The van der Waals surface area contributed by atoms with Crippen molar-refractivity contribution in [3.05, 3.63) is 51.4 Å². The number of carboxylic acid groups (broad SMARTS) is 1. The quantitative estimate of drug-likeness (QED) is 0.850. The van der Waals surface area contributed by atoms with Crippen LogP contribution in [0.1, 0.15) is 15.2 Å². The second kappa shape index (κ2) is 6.31. The number of nitrogens with zero attached hydrogens (tertiary/aromatic N) is 1. The fraction of sp³-hybridized carbons (Fsp3) is 0. The lowest BCUT2D eigenvalue weighted by molar-refractivity contribution is -0.111. The van der Waals surface area contributed by atoms with E-state index in [2.05, 4.69) is 10.3 Å². The van der Waals surface area contributed by atoms with Crippen molar-refractivity contribution >= 4 is 46.6 Å². The van der Waals surface area contributed by atoms with E-state index < -0.39 is 5.97 Å². The molecule has 0 atom stereocenters. The number of aromatic nitrogens is 1. The summed E-state index contributed by atoms with van der Waals surface area (Å²) >= 11 is 7.12. The van der Waals surface area contributed by atoms with Crippen LogP contribution in [0.15, 0.2) is 36.7 Å². The number of thiophene rings is 1. The SMILES string of the molecule is O=C(C=Cc1ccc(Cl)s1)Nc1cncc(C(=O)O)c1. The van der Waals surface area contributed by atoms with Crippen molar-refractivity contribution in [2.24, 2.45) is 0 Å². The number of anilines is 1. The molecule has 0 saturated carbocycles. The lowest BCUT2D eigenvalue weighted by atomic mass is 10.2. The van der Waals surface area contributed by atoms with Crippen molar-refractivity contribution in [1.29, 1.82) is 0 Å². The summed E-state index contributed by atoms with van der Waals surface area (Å²) < 4.78 is 0.642. The van der Waals surface area contributed by atoms with E-state index in [0.29, 0.717) is 10.0 Å². The van der Waals surface area contributed by atoms with Crippen LogP contribution < -0.4 is 5.32 Å². The Morgan fingerprint density at radius 2 is 2.15 bits per heavy atom. The van der Waals surface area contributed by atoms with Gasteiger partial charge in [0.1, 0.15) is 0 Å². The van der Waals surface area contributed by atoms with Gasteiger partial charge in [-0.15, -0.1) is 11.3 Å². The van der Waals surface area contributed by atoms with E-state index in [0.717, 1.165) is 4.88 Å². The molecule has 0 aromatic carbocycles. The summed E-state index contributed by atoms with van der Waals surface area (Å²) in [7, 11) is 0. The van der Waals surface area contributed by atoms with Crippen LogP contribution in [-0.2, 0) is 4.79 Å². The molecule has 0 fully saturated rings. The van der Waals surface area contributed by atoms with Gasteiger partial charge < -0.3 is 10.4 Å². The number of hydrogen-bond donors (Lipinski definition) is 2. The highest BCUT2D eigenvalue weighted by Gasteiger charge is 2.05. The van der Waals surface area contributed by atoms with E-state index in [4.69, 9.17) is 16.7 Å². The molecule has 0 spiro atoms. The number of carbonyl (C=O) groups excluding carboxylic acids is 1. The Morgan fingerprint density at radius 1 is 1.35 bits per heavy atom.